The van der Waals surface area contributed by atoms with Crippen LogP contribution in [0.3, 0.4) is 0 Å². The summed E-state index contributed by atoms with van der Waals surface area (Å²) in [4.78, 5) is 4.20. The predicted octanol–water partition coefficient (Wildman–Crippen LogP) is 3.22. The summed E-state index contributed by atoms with van der Waals surface area (Å²) < 4.78 is 6.10. The molecule has 2 aromatic rings. The second kappa shape index (κ2) is 6.06. The smallest absolute Gasteiger partial charge is 0.223 e. The molecule has 1 fully saturated rings. The van der Waals surface area contributed by atoms with Gasteiger partial charge in [-0.15, -0.1) is 0 Å². The van der Waals surface area contributed by atoms with E-state index in [0.717, 1.165) is 23.3 Å². The fourth-order valence-electron chi connectivity index (χ4n) is 2.62. The molecular formula is C15H18BrN3O. The van der Waals surface area contributed by atoms with Crippen LogP contribution in [-0.2, 0) is 6.42 Å². The van der Waals surface area contributed by atoms with Crippen LogP contribution in [0.25, 0.3) is 0 Å². The van der Waals surface area contributed by atoms with E-state index in [2.05, 4.69) is 55.7 Å². The minimum Gasteiger partial charge on any atom is -0.340 e. The molecule has 0 amide bonds. The van der Waals surface area contributed by atoms with Gasteiger partial charge < -0.3 is 9.84 Å². The second-order valence-electron chi connectivity index (χ2n) is 5.35. The molecule has 1 heterocycles. The van der Waals surface area contributed by atoms with Crippen LogP contribution >= 0.6 is 15.9 Å². The zero-order valence-electron chi connectivity index (χ0n) is 11.5. The third-order valence-electron chi connectivity index (χ3n) is 3.83. The number of aryl methyl sites for hydroxylation is 1. The van der Waals surface area contributed by atoms with E-state index in [1.165, 1.54) is 18.4 Å². The molecule has 0 aliphatic heterocycles. The van der Waals surface area contributed by atoms with Gasteiger partial charge >= 0.3 is 0 Å². The summed E-state index contributed by atoms with van der Waals surface area (Å²) in [6.45, 7) is 2.73. The zero-order valence-corrected chi connectivity index (χ0v) is 13.1. The average molecular weight is 336 g/mol. The molecule has 4 nitrogen and oxygen atoms in total. The van der Waals surface area contributed by atoms with Crippen molar-refractivity contribution in [1.82, 2.24) is 15.5 Å². The maximum Gasteiger partial charge on any atom is 0.223 e. The van der Waals surface area contributed by atoms with Crippen molar-refractivity contribution in [3.05, 3.63) is 46.0 Å². The van der Waals surface area contributed by atoms with Gasteiger partial charge in [0, 0.05) is 30.4 Å². The van der Waals surface area contributed by atoms with Gasteiger partial charge in [0.1, 0.15) is 0 Å². The summed E-state index contributed by atoms with van der Waals surface area (Å²) in [5.74, 6) is 2.13. The highest BCUT2D eigenvalue weighted by Gasteiger charge is 2.29. The summed E-state index contributed by atoms with van der Waals surface area (Å²) in [5.41, 5.74) is 1.44. The van der Waals surface area contributed by atoms with Gasteiger partial charge in [0.2, 0.25) is 5.89 Å². The Kier molecular flexibility index (Phi) is 4.17. The van der Waals surface area contributed by atoms with Crippen molar-refractivity contribution in [2.24, 2.45) is 0 Å². The van der Waals surface area contributed by atoms with Gasteiger partial charge in [0.05, 0.1) is 0 Å². The van der Waals surface area contributed by atoms with Crippen molar-refractivity contribution in [1.29, 1.82) is 0 Å². The van der Waals surface area contributed by atoms with Crippen LogP contribution < -0.4 is 5.32 Å². The maximum atomic E-state index is 4.95. The first kappa shape index (κ1) is 13.8. The average Bonchev–Trinajstić information content (AvgIpc) is 2.80. The maximum absolute atomic E-state index is 4.95. The highest BCUT2D eigenvalue weighted by atomic mass is 79.9. The van der Waals surface area contributed by atoms with E-state index in [-0.39, 0.29) is 0 Å². The van der Waals surface area contributed by atoms with Gasteiger partial charge in [-0.3, -0.25) is 0 Å². The quantitative estimate of drug-likeness (QED) is 0.911. The van der Waals surface area contributed by atoms with Crippen molar-refractivity contribution >= 4 is 15.9 Å². The molecule has 5 heteroatoms. The lowest BCUT2D eigenvalue weighted by Crippen LogP contribution is -2.41. The van der Waals surface area contributed by atoms with Gasteiger partial charge in [-0.1, -0.05) is 33.2 Å². The van der Waals surface area contributed by atoms with E-state index >= 15 is 0 Å². The Labute approximate surface area is 127 Å². The molecule has 0 saturated heterocycles. The molecule has 0 atom stereocenters. The normalized spacial score (nSPS) is 21.7. The van der Waals surface area contributed by atoms with Gasteiger partial charge in [-0.05, 0) is 36.5 Å². The number of benzene rings is 1. The molecule has 0 unspecified atom stereocenters. The summed E-state index contributed by atoms with van der Waals surface area (Å²) >= 11 is 3.47. The number of nitrogens with zero attached hydrogens (tertiary/aromatic N) is 2. The summed E-state index contributed by atoms with van der Waals surface area (Å²) in [5, 5.41) is 7.45. The standard InChI is InChI=1S/C15H18BrN3O/c1-10-18-15(19-20-10)6-7-17-14-8-12(9-14)11-2-4-13(16)5-3-11/h2-5,12,14,17H,6-9H2,1H3. The molecule has 1 aromatic carbocycles. The molecular weight excluding hydrogens is 318 g/mol. The highest BCUT2D eigenvalue weighted by molar-refractivity contribution is 9.10. The minimum absolute atomic E-state index is 0.622. The predicted molar refractivity (Wildman–Crippen MR) is 80.6 cm³/mol. The Morgan fingerprint density at radius 3 is 2.70 bits per heavy atom. The fraction of sp³-hybridized carbons (Fsp3) is 0.467. The lowest BCUT2D eigenvalue weighted by molar-refractivity contribution is 0.291. The van der Waals surface area contributed by atoms with E-state index in [4.69, 9.17) is 4.52 Å². The molecule has 0 spiro atoms. The van der Waals surface area contributed by atoms with Crippen molar-refractivity contribution < 1.29 is 4.52 Å². The van der Waals surface area contributed by atoms with Crippen LogP contribution in [0.5, 0.6) is 0 Å². The first-order chi connectivity index (χ1) is 9.70. The van der Waals surface area contributed by atoms with E-state index < -0.39 is 0 Å². The van der Waals surface area contributed by atoms with Gasteiger partial charge in [-0.25, -0.2) is 0 Å². The molecule has 20 heavy (non-hydrogen) atoms. The van der Waals surface area contributed by atoms with E-state index in [9.17, 15) is 0 Å². The number of hydrogen-bond donors (Lipinski definition) is 1. The molecule has 3 rings (SSSR count). The summed E-state index contributed by atoms with van der Waals surface area (Å²) in [6.07, 6.45) is 3.26. The van der Waals surface area contributed by atoms with E-state index in [0.29, 0.717) is 17.9 Å². The first-order valence-corrected chi connectivity index (χ1v) is 7.78. The van der Waals surface area contributed by atoms with Crippen LogP contribution in [0.15, 0.2) is 33.3 Å². The highest BCUT2D eigenvalue weighted by Crippen LogP contribution is 2.37. The van der Waals surface area contributed by atoms with Crippen LogP contribution in [0.1, 0.15) is 36.0 Å². The van der Waals surface area contributed by atoms with E-state index in [1.807, 2.05) is 6.92 Å². The van der Waals surface area contributed by atoms with Gasteiger partial charge in [0.15, 0.2) is 5.82 Å². The van der Waals surface area contributed by atoms with Crippen molar-refractivity contribution in [2.45, 2.75) is 38.1 Å². The largest absolute Gasteiger partial charge is 0.340 e. The molecule has 106 valence electrons. The molecule has 0 radical (unpaired) electrons. The van der Waals surface area contributed by atoms with Crippen LogP contribution in [0.2, 0.25) is 0 Å². The van der Waals surface area contributed by atoms with Crippen LogP contribution in [0.4, 0.5) is 0 Å². The monoisotopic (exact) mass is 335 g/mol. The lowest BCUT2D eigenvalue weighted by Gasteiger charge is -2.36. The Hall–Kier alpha value is -1.20. The van der Waals surface area contributed by atoms with Crippen molar-refractivity contribution in [3.63, 3.8) is 0 Å². The summed E-state index contributed by atoms with van der Waals surface area (Å²) in [7, 11) is 0. The molecule has 1 aliphatic rings. The Morgan fingerprint density at radius 2 is 2.05 bits per heavy atom. The SMILES string of the molecule is Cc1nc(CCNC2CC(c3ccc(Br)cc3)C2)no1. The molecule has 1 N–H and O–H groups in total. The number of rotatable bonds is 5. The zero-order chi connectivity index (χ0) is 13.9. The Balaban J connectivity index is 1.39. The Bertz CT molecular complexity index is 561. The van der Waals surface area contributed by atoms with Crippen LogP contribution in [-0.4, -0.2) is 22.7 Å². The lowest BCUT2D eigenvalue weighted by atomic mass is 9.76. The number of halogens is 1. The first-order valence-electron chi connectivity index (χ1n) is 6.99. The topological polar surface area (TPSA) is 51.0 Å². The number of aromatic nitrogens is 2. The van der Waals surface area contributed by atoms with Crippen molar-refractivity contribution in [3.8, 4) is 0 Å². The molecule has 1 aromatic heterocycles. The third kappa shape index (κ3) is 3.27. The third-order valence-corrected chi connectivity index (χ3v) is 4.36. The molecule has 0 bridgehead atoms. The second-order valence-corrected chi connectivity index (χ2v) is 6.27. The number of nitrogens with one attached hydrogen (secondary N) is 1. The van der Waals surface area contributed by atoms with Crippen molar-refractivity contribution in [2.75, 3.05) is 6.54 Å². The number of hydrogen-bond acceptors (Lipinski definition) is 4. The Morgan fingerprint density at radius 1 is 1.30 bits per heavy atom. The minimum atomic E-state index is 0.622. The fourth-order valence-corrected chi connectivity index (χ4v) is 2.89. The van der Waals surface area contributed by atoms with Gasteiger partial charge in [0.25, 0.3) is 0 Å². The van der Waals surface area contributed by atoms with Gasteiger partial charge in [-0.2, -0.15) is 4.98 Å². The molecule has 1 saturated carbocycles. The summed E-state index contributed by atoms with van der Waals surface area (Å²) in [6, 6.07) is 9.29. The molecule has 1 aliphatic carbocycles. The van der Waals surface area contributed by atoms with E-state index in [1.54, 1.807) is 0 Å². The van der Waals surface area contributed by atoms with Crippen LogP contribution in [0, 0.1) is 6.92 Å².